The molecule has 1 aromatic carbocycles. The molecule has 1 amide bonds. The standard InChI is InChI=1S/C18H20ClN3O4/c1-12(26-16-4-2-3-14(19)9-16)17(23)21-7-5-15(6-8-21)22-11-13(10-20-22)18(24)25/h2-4,9-12,15H,5-8H2,1H3,(H,24,25). The van der Waals surface area contributed by atoms with Gasteiger partial charge in [-0.3, -0.25) is 9.48 Å². The summed E-state index contributed by atoms with van der Waals surface area (Å²) in [5, 5.41) is 13.7. The van der Waals surface area contributed by atoms with Crippen molar-refractivity contribution in [1.29, 1.82) is 0 Å². The molecule has 1 aliphatic rings. The Morgan fingerprint density at radius 2 is 2.08 bits per heavy atom. The van der Waals surface area contributed by atoms with Crippen molar-refractivity contribution in [2.75, 3.05) is 13.1 Å². The molecule has 0 aliphatic carbocycles. The summed E-state index contributed by atoms with van der Waals surface area (Å²) in [7, 11) is 0. The highest BCUT2D eigenvalue weighted by Gasteiger charge is 2.28. The molecule has 8 heteroatoms. The molecule has 3 rings (SSSR count). The van der Waals surface area contributed by atoms with Gasteiger partial charge in [-0.2, -0.15) is 5.10 Å². The Kier molecular flexibility index (Phi) is 5.46. The predicted octanol–water partition coefficient (Wildman–Crippen LogP) is 2.87. The van der Waals surface area contributed by atoms with E-state index in [9.17, 15) is 9.59 Å². The molecule has 2 heterocycles. The number of piperidine rings is 1. The first-order valence-electron chi connectivity index (χ1n) is 8.42. The van der Waals surface area contributed by atoms with Crippen LogP contribution in [0.2, 0.25) is 5.02 Å². The molecule has 0 spiro atoms. The Morgan fingerprint density at radius 1 is 1.35 bits per heavy atom. The molecule has 1 N–H and O–H groups in total. The number of ether oxygens (including phenoxy) is 1. The Morgan fingerprint density at radius 3 is 2.69 bits per heavy atom. The van der Waals surface area contributed by atoms with Crippen molar-refractivity contribution < 1.29 is 19.4 Å². The zero-order valence-electron chi connectivity index (χ0n) is 14.3. The number of aromatic carboxylic acids is 1. The first-order valence-corrected chi connectivity index (χ1v) is 8.80. The van der Waals surface area contributed by atoms with Gasteiger partial charge in [0.1, 0.15) is 5.75 Å². The van der Waals surface area contributed by atoms with Gasteiger partial charge < -0.3 is 14.7 Å². The van der Waals surface area contributed by atoms with Gasteiger partial charge in [0.2, 0.25) is 0 Å². The summed E-state index contributed by atoms with van der Waals surface area (Å²) in [4.78, 5) is 25.3. The van der Waals surface area contributed by atoms with E-state index in [1.807, 2.05) is 0 Å². The van der Waals surface area contributed by atoms with Gasteiger partial charge >= 0.3 is 5.97 Å². The van der Waals surface area contributed by atoms with Crippen LogP contribution in [0.1, 0.15) is 36.2 Å². The highest BCUT2D eigenvalue weighted by molar-refractivity contribution is 6.30. The fraction of sp³-hybridized carbons (Fsp3) is 0.389. The molecule has 0 saturated carbocycles. The number of amides is 1. The van der Waals surface area contributed by atoms with Crippen molar-refractivity contribution in [2.45, 2.75) is 31.9 Å². The Balaban J connectivity index is 1.55. The summed E-state index contributed by atoms with van der Waals surface area (Å²) in [6.07, 6.45) is 3.72. The Bertz CT molecular complexity index is 799. The van der Waals surface area contributed by atoms with Crippen molar-refractivity contribution in [3.8, 4) is 5.75 Å². The van der Waals surface area contributed by atoms with Crippen molar-refractivity contribution in [1.82, 2.24) is 14.7 Å². The van der Waals surface area contributed by atoms with Crippen molar-refractivity contribution in [3.05, 3.63) is 47.2 Å². The molecule has 26 heavy (non-hydrogen) atoms. The van der Waals surface area contributed by atoms with Crippen LogP contribution in [0, 0.1) is 0 Å². The van der Waals surface area contributed by atoms with Crippen LogP contribution in [0.4, 0.5) is 0 Å². The van der Waals surface area contributed by atoms with E-state index < -0.39 is 12.1 Å². The fourth-order valence-electron chi connectivity index (χ4n) is 3.05. The SMILES string of the molecule is CC(Oc1cccc(Cl)c1)C(=O)N1CCC(n2cc(C(=O)O)cn2)CC1. The third-order valence-electron chi connectivity index (χ3n) is 4.46. The molecular weight excluding hydrogens is 358 g/mol. The quantitative estimate of drug-likeness (QED) is 0.866. The zero-order chi connectivity index (χ0) is 18.7. The van der Waals surface area contributed by atoms with Crippen molar-refractivity contribution >= 4 is 23.5 Å². The number of nitrogens with zero attached hydrogens (tertiary/aromatic N) is 3. The topological polar surface area (TPSA) is 84.7 Å². The van der Waals surface area contributed by atoms with Gasteiger partial charge in [0, 0.05) is 24.3 Å². The van der Waals surface area contributed by atoms with Crippen LogP contribution in [0.5, 0.6) is 5.75 Å². The summed E-state index contributed by atoms with van der Waals surface area (Å²) < 4.78 is 7.37. The molecule has 1 atom stereocenters. The van der Waals surface area contributed by atoms with E-state index in [0.717, 1.165) is 12.8 Å². The molecule has 1 unspecified atom stereocenters. The molecule has 7 nitrogen and oxygen atoms in total. The number of benzene rings is 1. The minimum atomic E-state index is -0.990. The van der Waals surface area contributed by atoms with Gasteiger partial charge in [-0.25, -0.2) is 4.79 Å². The lowest BCUT2D eigenvalue weighted by Crippen LogP contribution is -2.45. The second-order valence-electron chi connectivity index (χ2n) is 6.29. The van der Waals surface area contributed by atoms with E-state index in [0.29, 0.717) is 23.9 Å². The van der Waals surface area contributed by atoms with Gasteiger partial charge in [-0.1, -0.05) is 17.7 Å². The lowest BCUT2D eigenvalue weighted by atomic mass is 10.0. The zero-order valence-corrected chi connectivity index (χ0v) is 15.1. The van der Waals surface area contributed by atoms with Crippen LogP contribution >= 0.6 is 11.6 Å². The smallest absolute Gasteiger partial charge is 0.338 e. The minimum Gasteiger partial charge on any atom is -0.481 e. The first-order chi connectivity index (χ1) is 12.4. The number of carboxylic acids is 1. The highest BCUT2D eigenvalue weighted by atomic mass is 35.5. The normalized spacial score (nSPS) is 16.3. The maximum Gasteiger partial charge on any atom is 0.338 e. The number of hydrogen-bond acceptors (Lipinski definition) is 4. The van der Waals surface area contributed by atoms with Gasteiger partial charge in [0.25, 0.3) is 5.91 Å². The second kappa shape index (κ2) is 7.78. The maximum absolute atomic E-state index is 12.6. The predicted molar refractivity (Wildman–Crippen MR) is 95.6 cm³/mol. The Hall–Kier alpha value is -2.54. The number of hydrogen-bond donors (Lipinski definition) is 1. The number of carbonyl (C=O) groups is 2. The average Bonchev–Trinajstić information content (AvgIpc) is 3.12. The minimum absolute atomic E-state index is 0.0740. The largest absolute Gasteiger partial charge is 0.481 e. The van der Waals surface area contributed by atoms with E-state index in [1.165, 1.54) is 12.4 Å². The van der Waals surface area contributed by atoms with Crippen LogP contribution in [-0.2, 0) is 4.79 Å². The Labute approximate surface area is 156 Å². The molecule has 1 aliphatic heterocycles. The fourth-order valence-corrected chi connectivity index (χ4v) is 3.23. The summed E-state index contributed by atoms with van der Waals surface area (Å²) in [6, 6.07) is 7.05. The molecule has 138 valence electrons. The van der Waals surface area contributed by atoms with E-state index in [1.54, 1.807) is 40.8 Å². The second-order valence-corrected chi connectivity index (χ2v) is 6.72. The molecule has 1 aromatic heterocycles. The number of likely N-dealkylation sites (tertiary alicyclic amines) is 1. The third-order valence-corrected chi connectivity index (χ3v) is 4.69. The number of carboxylic acid groups (broad SMARTS) is 1. The molecule has 1 fully saturated rings. The molecule has 0 bridgehead atoms. The van der Waals surface area contributed by atoms with Crippen molar-refractivity contribution in [3.63, 3.8) is 0 Å². The van der Waals surface area contributed by atoms with Crippen LogP contribution in [0.3, 0.4) is 0 Å². The molecule has 1 saturated heterocycles. The van der Waals surface area contributed by atoms with E-state index in [4.69, 9.17) is 21.4 Å². The molecule has 0 radical (unpaired) electrons. The first kappa shape index (κ1) is 18.3. The third kappa shape index (κ3) is 4.16. The van der Waals surface area contributed by atoms with Crippen LogP contribution in [0.15, 0.2) is 36.7 Å². The lowest BCUT2D eigenvalue weighted by Gasteiger charge is -2.33. The molecular formula is C18H20ClN3O4. The van der Waals surface area contributed by atoms with Crippen LogP contribution in [-0.4, -0.2) is 50.9 Å². The van der Waals surface area contributed by atoms with E-state index in [-0.39, 0.29) is 17.5 Å². The number of halogens is 1. The number of aromatic nitrogens is 2. The van der Waals surface area contributed by atoms with Gasteiger partial charge in [0.05, 0.1) is 17.8 Å². The van der Waals surface area contributed by atoms with Gasteiger partial charge in [-0.05, 0) is 38.0 Å². The summed E-state index contributed by atoms with van der Waals surface area (Å²) in [5.74, 6) is -0.503. The number of rotatable bonds is 5. The van der Waals surface area contributed by atoms with Crippen LogP contribution in [0.25, 0.3) is 0 Å². The summed E-state index contributed by atoms with van der Waals surface area (Å²) in [6.45, 7) is 2.88. The average molecular weight is 378 g/mol. The van der Waals surface area contributed by atoms with Gasteiger partial charge in [0.15, 0.2) is 6.10 Å². The van der Waals surface area contributed by atoms with Gasteiger partial charge in [-0.15, -0.1) is 0 Å². The van der Waals surface area contributed by atoms with E-state index in [2.05, 4.69) is 5.10 Å². The molecule has 2 aromatic rings. The number of carbonyl (C=O) groups excluding carboxylic acids is 1. The van der Waals surface area contributed by atoms with Crippen molar-refractivity contribution in [2.24, 2.45) is 0 Å². The lowest BCUT2D eigenvalue weighted by molar-refractivity contribution is -0.139. The monoisotopic (exact) mass is 377 g/mol. The van der Waals surface area contributed by atoms with E-state index >= 15 is 0 Å². The maximum atomic E-state index is 12.6. The summed E-state index contributed by atoms with van der Waals surface area (Å²) >= 11 is 5.93. The summed E-state index contributed by atoms with van der Waals surface area (Å²) in [5.41, 5.74) is 0.173. The van der Waals surface area contributed by atoms with Crippen LogP contribution < -0.4 is 4.74 Å². The highest BCUT2D eigenvalue weighted by Crippen LogP contribution is 2.24.